The van der Waals surface area contributed by atoms with E-state index in [4.69, 9.17) is 4.74 Å². The lowest BCUT2D eigenvalue weighted by molar-refractivity contribution is -0.139. The maximum Gasteiger partial charge on any atom is 0.419 e. The lowest BCUT2D eigenvalue weighted by atomic mass is 10.1. The molecule has 0 saturated carbocycles. The quantitative estimate of drug-likeness (QED) is 0.513. The Morgan fingerprint density at radius 1 is 1.09 bits per heavy atom. The maximum absolute atomic E-state index is 14.3. The van der Waals surface area contributed by atoms with Crippen molar-refractivity contribution in [2.45, 2.75) is 52.4 Å². The maximum atomic E-state index is 14.3. The van der Waals surface area contributed by atoms with Crippen LogP contribution in [-0.2, 0) is 10.9 Å². The summed E-state index contributed by atoms with van der Waals surface area (Å²) < 4.78 is 59.8. The molecular weight excluding hydrogens is 456 g/mol. The SMILES string of the molecule is CC1=NN2C(=NC1C)C(N1CCN(C(=O)OC(C)(C)C)CC1)=Nc1cc(F)c(C(F)(F)F)cc12. The summed E-state index contributed by atoms with van der Waals surface area (Å²) in [6.45, 7) is 10.4. The number of ether oxygens (including phenoxy) is 1. The predicted octanol–water partition coefficient (Wildman–Crippen LogP) is 4.42. The van der Waals surface area contributed by atoms with Crippen molar-refractivity contribution in [3.63, 3.8) is 0 Å². The molecule has 34 heavy (non-hydrogen) atoms. The number of halogens is 4. The molecule has 1 atom stereocenters. The summed E-state index contributed by atoms with van der Waals surface area (Å²) in [7, 11) is 0. The van der Waals surface area contributed by atoms with Gasteiger partial charge in [-0.3, -0.25) is 4.99 Å². The molecule has 1 saturated heterocycles. The van der Waals surface area contributed by atoms with Crippen molar-refractivity contribution in [3.05, 3.63) is 23.5 Å². The molecule has 0 bridgehead atoms. The van der Waals surface area contributed by atoms with Gasteiger partial charge in [0, 0.05) is 32.2 Å². The van der Waals surface area contributed by atoms with Crippen LogP contribution in [0.2, 0.25) is 0 Å². The van der Waals surface area contributed by atoms with Gasteiger partial charge in [0.2, 0.25) is 0 Å². The van der Waals surface area contributed by atoms with Crippen LogP contribution in [0.3, 0.4) is 0 Å². The fraction of sp³-hybridized carbons (Fsp3) is 0.545. The summed E-state index contributed by atoms with van der Waals surface area (Å²) in [5.41, 5.74) is -1.37. The van der Waals surface area contributed by atoms with Gasteiger partial charge in [0.15, 0.2) is 11.7 Å². The van der Waals surface area contributed by atoms with Crippen molar-refractivity contribution >= 4 is 34.9 Å². The lowest BCUT2D eigenvalue weighted by Gasteiger charge is -2.40. The molecule has 0 radical (unpaired) electrons. The molecule has 3 heterocycles. The molecule has 1 unspecified atom stereocenters. The van der Waals surface area contributed by atoms with Crippen LogP contribution in [0.1, 0.15) is 40.2 Å². The third-order valence-corrected chi connectivity index (χ3v) is 5.63. The minimum Gasteiger partial charge on any atom is -0.444 e. The van der Waals surface area contributed by atoms with Crippen molar-refractivity contribution < 1.29 is 27.1 Å². The number of carbonyl (C=O) groups excluding carboxylic acids is 1. The second kappa shape index (κ2) is 8.24. The van der Waals surface area contributed by atoms with Gasteiger partial charge in [0.05, 0.1) is 28.7 Å². The largest absolute Gasteiger partial charge is 0.444 e. The Balaban J connectivity index is 1.67. The molecule has 1 amide bonds. The zero-order chi connectivity index (χ0) is 25.0. The molecule has 1 fully saturated rings. The van der Waals surface area contributed by atoms with E-state index >= 15 is 0 Å². The molecule has 184 valence electrons. The number of carbonyl (C=O) groups is 1. The Morgan fingerprint density at radius 3 is 2.32 bits per heavy atom. The average Bonchev–Trinajstić information content (AvgIpc) is 2.72. The first-order chi connectivity index (χ1) is 15.7. The van der Waals surface area contributed by atoms with Crippen molar-refractivity contribution in [3.8, 4) is 0 Å². The number of aliphatic imine (C=N–C) groups is 2. The van der Waals surface area contributed by atoms with E-state index in [1.807, 2.05) is 11.8 Å². The Kier molecular flexibility index (Phi) is 5.81. The van der Waals surface area contributed by atoms with Crippen molar-refractivity contribution in [1.29, 1.82) is 0 Å². The second-order valence-electron chi connectivity index (χ2n) is 9.39. The van der Waals surface area contributed by atoms with E-state index in [1.165, 1.54) is 5.01 Å². The number of benzene rings is 1. The lowest BCUT2D eigenvalue weighted by Crippen LogP contribution is -2.56. The number of piperazine rings is 1. The van der Waals surface area contributed by atoms with Gasteiger partial charge in [-0.25, -0.2) is 19.2 Å². The van der Waals surface area contributed by atoms with Crippen LogP contribution in [0.25, 0.3) is 0 Å². The minimum absolute atomic E-state index is 0.00914. The van der Waals surface area contributed by atoms with Crippen LogP contribution < -0.4 is 5.01 Å². The summed E-state index contributed by atoms with van der Waals surface area (Å²) in [5.74, 6) is -0.745. The molecule has 4 rings (SSSR count). The normalized spacial score (nSPS) is 20.8. The number of rotatable bonds is 0. The molecule has 0 aliphatic carbocycles. The van der Waals surface area contributed by atoms with Crippen molar-refractivity contribution in [2.24, 2.45) is 15.1 Å². The number of amidine groups is 2. The average molecular weight is 482 g/mol. The predicted molar refractivity (Wildman–Crippen MR) is 120 cm³/mol. The topological polar surface area (TPSA) is 73.1 Å². The summed E-state index contributed by atoms with van der Waals surface area (Å²) in [4.78, 5) is 24.9. The van der Waals surface area contributed by atoms with Gasteiger partial charge in [0.1, 0.15) is 11.4 Å². The fourth-order valence-corrected chi connectivity index (χ4v) is 3.77. The minimum atomic E-state index is -4.86. The molecule has 0 aromatic heterocycles. The second-order valence-corrected chi connectivity index (χ2v) is 9.39. The van der Waals surface area contributed by atoms with Crippen molar-refractivity contribution in [1.82, 2.24) is 9.80 Å². The third-order valence-electron chi connectivity index (χ3n) is 5.63. The molecular formula is C22H26F4N6O2. The Morgan fingerprint density at radius 2 is 1.74 bits per heavy atom. The number of anilines is 1. The Labute approximate surface area is 194 Å². The number of hydrogen-bond donors (Lipinski definition) is 0. The zero-order valence-electron chi connectivity index (χ0n) is 19.6. The number of nitrogens with zero attached hydrogens (tertiary/aromatic N) is 6. The number of hydrazone groups is 1. The van der Waals surface area contributed by atoms with Gasteiger partial charge in [-0.15, -0.1) is 0 Å². The third kappa shape index (κ3) is 4.58. The van der Waals surface area contributed by atoms with Crippen LogP contribution in [-0.4, -0.2) is 71.1 Å². The highest BCUT2D eigenvalue weighted by atomic mass is 19.4. The molecule has 0 spiro atoms. The van der Waals surface area contributed by atoms with Crippen LogP contribution in [0, 0.1) is 5.82 Å². The van der Waals surface area contributed by atoms with E-state index in [2.05, 4.69) is 15.1 Å². The smallest absolute Gasteiger partial charge is 0.419 e. The summed E-state index contributed by atoms with van der Waals surface area (Å²) >= 11 is 0. The molecule has 8 nitrogen and oxygen atoms in total. The molecule has 1 aromatic rings. The first-order valence-electron chi connectivity index (χ1n) is 10.9. The Bertz CT molecular complexity index is 1100. The highest BCUT2D eigenvalue weighted by molar-refractivity contribution is 6.47. The molecule has 0 N–H and O–H groups in total. The highest BCUT2D eigenvalue weighted by Gasteiger charge is 2.40. The van der Waals surface area contributed by atoms with E-state index < -0.39 is 29.3 Å². The molecule has 3 aliphatic heterocycles. The van der Waals surface area contributed by atoms with Gasteiger partial charge >= 0.3 is 12.3 Å². The molecule has 12 heteroatoms. The highest BCUT2D eigenvalue weighted by Crippen LogP contribution is 2.42. The van der Waals surface area contributed by atoms with Gasteiger partial charge in [-0.2, -0.15) is 18.3 Å². The molecule has 1 aromatic carbocycles. The summed E-state index contributed by atoms with van der Waals surface area (Å²) in [5, 5.41) is 5.74. The zero-order valence-corrected chi connectivity index (χ0v) is 19.6. The van der Waals surface area contributed by atoms with E-state index in [0.29, 0.717) is 43.8 Å². The standard InChI is InChI=1S/C22H26F4N6O2/c1-12-13(2)29-32-17-10-14(22(24,25)26)15(23)11-16(17)28-18(19(32)27-12)30-6-8-31(9-7-30)20(33)34-21(3,4)5/h10-12H,6-9H2,1-5H3. The Hall–Kier alpha value is -3.18. The molecule has 3 aliphatic rings. The number of amides is 1. The van der Waals surface area contributed by atoms with E-state index in [0.717, 1.165) is 6.07 Å². The summed E-state index contributed by atoms with van der Waals surface area (Å²) in [6, 6.07) is 1.19. The van der Waals surface area contributed by atoms with Crippen LogP contribution in [0.15, 0.2) is 27.2 Å². The number of fused-ring (bicyclic) bond motifs is 3. The summed E-state index contributed by atoms with van der Waals surface area (Å²) in [6.07, 6.45) is -5.28. The van der Waals surface area contributed by atoms with Gasteiger partial charge in [0.25, 0.3) is 0 Å². The van der Waals surface area contributed by atoms with E-state index in [-0.39, 0.29) is 23.3 Å². The number of alkyl halides is 3. The first kappa shape index (κ1) is 24.0. The van der Waals surface area contributed by atoms with Gasteiger partial charge in [-0.05, 0) is 40.7 Å². The number of hydrogen-bond acceptors (Lipinski definition) is 7. The van der Waals surface area contributed by atoms with Gasteiger partial charge < -0.3 is 14.5 Å². The monoisotopic (exact) mass is 482 g/mol. The van der Waals surface area contributed by atoms with Gasteiger partial charge in [-0.1, -0.05) is 0 Å². The van der Waals surface area contributed by atoms with Crippen LogP contribution >= 0.6 is 0 Å². The van der Waals surface area contributed by atoms with E-state index in [9.17, 15) is 22.4 Å². The van der Waals surface area contributed by atoms with Crippen LogP contribution in [0.4, 0.5) is 33.7 Å². The van der Waals surface area contributed by atoms with E-state index in [1.54, 1.807) is 32.6 Å². The van der Waals surface area contributed by atoms with Crippen molar-refractivity contribution in [2.75, 3.05) is 31.2 Å². The first-order valence-corrected chi connectivity index (χ1v) is 10.9. The van der Waals surface area contributed by atoms with Crippen LogP contribution in [0.5, 0.6) is 0 Å². The fourth-order valence-electron chi connectivity index (χ4n) is 3.77.